The molecule has 0 saturated heterocycles. The molecular formula is C14H11Cl2NO2. The van der Waals surface area contributed by atoms with Crippen LogP contribution in [0.1, 0.15) is 15.9 Å². The highest BCUT2D eigenvalue weighted by Gasteiger charge is 2.02. The number of halogens is 2. The lowest BCUT2D eigenvalue weighted by atomic mass is 10.1. The fourth-order valence-electron chi connectivity index (χ4n) is 1.58. The average Bonchev–Trinajstić information content (AvgIpc) is 2.40. The van der Waals surface area contributed by atoms with Crippen LogP contribution < -0.4 is 5.32 Å². The molecule has 19 heavy (non-hydrogen) atoms. The van der Waals surface area contributed by atoms with Gasteiger partial charge < -0.3 is 10.4 Å². The Kier molecular flexibility index (Phi) is 4.30. The van der Waals surface area contributed by atoms with Crippen molar-refractivity contribution < 1.29 is 9.90 Å². The van der Waals surface area contributed by atoms with E-state index in [1.165, 1.54) is 0 Å². The van der Waals surface area contributed by atoms with Crippen molar-refractivity contribution in [2.75, 3.05) is 5.32 Å². The van der Waals surface area contributed by atoms with Crippen LogP contribution in [0.4, 0.5) is 5.69 Å². The van der Waals surface area contributed by atoms with E-state index in [4.69, 9.17) is 28.3 Å². The maximum absolute atomic E-state index is 10.7. The maximum atomic E-state index is 10.7. The summed E-state index contributed by atoms with van der Waals surface area (Å²) in [5.74, 6) is -0.927. The Hall–Kier alpha value is -1.71. The molecule has 2 aromatic rings. The number of carboxylic acids is 1. The lowest BCUT2D eigenvalue weighted by Crippen LogP contribution is -2.01. The number of anilines is 1. The summed E-state index contributed by atoms with van der Waals surface area (Å²) in [6, 6.07) is 12.0. The van der Waals surface area contributed by atoms with Crippen LogP contribution >= 0.6 is 23.2 Å². The van der Waals surface area contributed by atoms with E-state index in [2.05, 4.69) is 5.32 Å². The van der Waals surface area contributed by atoms with Crippen molar-refractivity contribution in [3.05, 3.63) is 63.6 Å². The second-order valence-electron chi connectivity index (χ2n) is 3.98. The lowest BCUT2D eigenvalue weighted by Gasteiger charge is -2.07. The van der Waals surface area contributed by atoms with Gasteiger partial charge in [-0.05, 0) is 35.9 Å². The zero-order chi connectivity index (χ0) is 13.8. The fourth-order valence-corrected chi connectivity index (χ4v) is 1.87. The molecule has 0 aliphatic rings. The molecular weight excluding hydrogens is 285 g/mol. The van der Waals surface area contributed by atoms with Crippen LogP contribution in [0.2, 0.25) is 10.0 Å². The summed E-state index contributed by atoms with van der Waals surface area (Å²) < 4.78 is 0. The number of carboxylic acid groups (broad SMARTS) is 1. The number of hydrogen-bond acceptors (Lipinski definition) is 2. The number of rotatable bonds is 4. The van der Waals surface area contributed by atoms with Crippen molar-refractivity contribution in [3.8, 4) is 0 Å². The van der Waals surface area contributed by atoms with Gasteiger partial charge in [-0.15, -0.1) is 0 Å². The molecule has 0 aliphatic carbocycles. The van der Waals surface area contributed by atoms with Crippen LogP contribution in [0.3, 0.4) is 0 Å². The van der Waals surface area contributed by atoms with Gasteiger partial charge in [-0.1, -0.05) is 35.3 Å². The van der Waals surface area contributed by atoms with Crippen LogP contribution in [0.5, 0.6) is 0 Å². The average molecular weight is 296 g/mol. The van der Waals surface area contributed by atoms with E-state index in [0.717, 1.165) is 11.3 Å². The van der Waals surface area contributed by atoms with Crippen molar-refractivity contribution in [2.24, 2.45) is 0 Å². The molecule has 0 spiro atoms. The fraction of sp³-hybridized carbons (Fsp3) is 0.0714. The molecule has 0 fully saturated rings. The minimum atomic E-state index is -0.927. The third kappa shape index (κ3) is 3.63. The van der Waals surface area contributed by atoms with Gasteiger partial charge in [0, 0.05) is 12.2 Å². The molecule has 0 saturated carbocycles. The van der Waals surface area contributed by atoms with E-state index in [0.29, 0.717) is 16.6 Å². The second kappa shape index (κ2) is 5.95. The van der Waals surface area contributed by atoms with E-state index in [-0.39, 0.29) is 5.56 Å². The molecule has 0 unspecified atom stereocenters. The van der Waals surface area contributed by atoms with Gasteiger partial charge in [0.2, 0.25) is 0 Å². The highest BCUT2D eigenvalue weighted by atomic mass is 35.5. The van der Waals surface area contributed by atoms with Crippen molar-refractivity contribution in [1.82, 2.24) is 0 Å². The molecule has 98 valence electrons. The SMILES string of the molecule is O=C(O)c1ccc(CNc2ccc(Cl)c(Cl)c2)cc1. The quantitative estimate of drug-likeness (QED) is 0.884. The normalized spacial score (nSPS) is 10.2. The van der Waals surface area contributed by atoms with Crippen molar-refractivity contribution in [1.29, 1.82) is 0 Å². The maximum Gasteiger partial charge on any atom is 0.335 e. The van der Waals surface area contributed by atoms with E-state index in [9.17, 15) is 4.79 Å². The van der Waals surface area contributed by atoms with Gasteiger partial charge in [0.15, 0.2) is 0 Å². The Morgan fingerprint density at radius 2 is 1.74 bits per heavy atom. The van der Waals surface area contributed by atoms with Crippen LogP contribution in [0.25, 0.3) is 0 Å². The molecule has 2 rings (SSSR count). The third-order valence-electron chi connectivity index (χ3n) is 2.62. The molecule has 0 bridgehead atoms. The molecule has 0 atom stereocenters. The molecule has 5 heteroatoms. The van der Waals surface area contributed by atoms with Crippen LogP contribution in [-0.4, -0.2) is 11.1 Å². The molecule has 0 amide bonds. The Bertz CT molecular complexity index is 597. The van der Waals surface area contributed by atoms with Crippen LogP contribution in [0.15, 0.2) is 42.5 Å². The van der Waals surface area contributed by atoms with Gasteiger partial charge in [-0.2, -0.15) is 0 Å². The van der Waals surface area contributed by atoms with E-state index < -0.39 is 5.97 Å². The smallest absolute Gasteiger partial charge is 0.335 e. The summed E-state index contributed by atoms with van der Waals surface area (Å²) >= 11 is 11.7. The summed E-state index contributed by atoms with van der Waals surface area (Å²) in [5, 5.41) is 13.0. The van der Waals surface area contributed by atoms with E-state index in [1.807, 2.05) is 6.07 Å². The predicted octanol–water partition coefficient (Wildman–Crippen LogP) is 4.30. The summed E-state index contributed by atoms with van der Waals surface area (Å²) in [6.45, 7) is 0.581. The third-order valence-corrected chi connectivity index (χ3v) is 3.36. The van der Waals surface area contributed by atoms with Crippen molar-refractivity contribution >= 4 is 34.9 Å². The Morgan fingerprint density at radius 1 is 1.05 bits per heavy atom. The van der Waals surface area contributed by atoms with E-state index in [1.54, 1.807) is 36.4 Å². The topological polar surface area (TPSA) is 49.3 Å². The van der Waals surface area contributed by atoms with Gasteiger partial charge in [0.25, 0.3) is 0 Å². The summed E-state index contributed by atoms with van der Waals surface area (Å²) in [4.78, 5) is 10.7. The minimum absolute atomic E-state index is 0.276. The van der Waals surface area contributed by atoms with Gasteiger partial charge in [-0.3, -0.25) is 0 Å². The monoisotopic (exact) mass is 295 g/mol. The first-order valence-corrected chi connectivity index (χ1v) is 6.33. The molecule has 3 nitrogen and oxygen atoms in total. The Labute approximate surface area is 120 Å². The summed E-state index contributed by atoms with van der Waals surface area (Å²) in [7, 11) is 0. The number of carbonyl (C=O) groups is 1. The second-order valence-corrected chi connectivity index (χ2v) is 4.80. The predicted molar refractivity (Wildman–Crippen MR) is 77.2 cm³/mol. The van der Waals surface area contributed by atoms with Crippen molar-refractivity contribution in [2.45, 2.75) is 6.54 Å². The number of nitrogens with one attached hydrogen (secondary N) is 1. The first-order valence-electron chi connectivity index (χ1n) is 5.57. The Morgan fingerprint density at radius 3 is 2.32 bits per heavy atom. The molecule has 0 aromatic heterocycles. The molecule has 0 heterocycles. The largest absolute Gasteiger partial charge is 0.478 e. The zero-order valence-electron chi connectivity index (χ0n) is 9.86. The molecule has 2 N–H and O–H groups in total. The van der Waals surface area contributed by atoms with Gasteiger partial charge in [0.05, 0.1) is 15.6 Å². The van der Waals surface area contributed by atoms with Crippen LogP contribution in [0, 0.1) is 0 Å². The highest BCUT2D eigenvalue weighted by Crippen LogP contribution is 2.25. The minimum Gasteiger partial charge on any atom is -0.478 e. The van der Waals surface area contributed by atoms with Crippen LogP contribution in [-0.2, 0) is 6.54 Å². The van der Waals surface area contributed by atoms with Gasteiger partial charge >= 0.3 is 5.97 Å². The van der Waals surface area contributed by atoms with Gasteiger partial charge in [-0.25, -0.2) is 4.79 Å². The van der Waals surface area contributed by atoms with Gasteiger partial charge in [0.1, 0.15) is 0 Å². The summed E-state index contributed by atoms with van der Waals surface area (Å²) in [5.41, 5.74) is 2.12. The number of hydrogen-bond donors (Lipinski definition) is 2. The number of aromatic carboxylic acids is 1. The Balaban J connectivity index is 2.01. The first kappa shape index (κ1) is 13.7. The summed E-state index contributed by atoms with van der Waals surface area (Å²) in [6.07, 6.45) is 0. The van der Waals surface area contributed by atoms with E-state index >= 15 is 0 Å². The highest BCUT2D eigenvalue weighted by molar-refractivity contribution is 6.42. The zero-order valence-corrected chi connectivity index (χ0v) is 11.4. The molecule has 2 aromatic carbocycles. The number of benzene rings is 2. The standard InChI is InChI=1S/C14H11Cl2NO2/c15-12-6-5-11(7-13(12)16)17-8-9-1-3-10(4-2-9)14(18)19/h1-7,17H,8H2,(H,18,19). The van der Waals surface area contributed by atoms with Crippen molar-refractivity contribution in [3.63, 3.8) is 0 Å². The lowest BCUT2D eigenvalue weighted by molar-refractivity contribution is 0.0697. The first-order chi connectivity index (χ1) is 9.06. The molecule has 0 radical (unpaired) electrons. The molecule has 0 aliphatic heterocycles.